The zero-order chi connectivity index (χ0) is 21.5. The molecule has 1 aromatic heterocycles. The Morgan fingerprint density at radius 1 is 1.16 bits per heavy atom. The van der Waals surface area contributed by atoms with Crippen molar-refractivity contribution in [3.8, 4) is 0 Å². The second-order valence-corrected chi connectivity index (χ2v) is 8.68. The summed E-state index contributed by atoms with van der Waals surface area (Å²) in [5, 5.41) is 15.5. The van der Waals surface area contributed by atoms with E-state index < -0.39 is 0 Å². The topological polar surface area (TPSA) is 79.6 Å². The summed E-state index contributed by atoms with van der Waals surface area (Å²) >= 11 is 0. The highest BCUT2D eigenvalue weighted by atomic mass is 127. The summed E-state index contributed by atoms with van der Waals surface area (Å²) < 4.78 is 7.54. The maximum Gasteiger partial charge on any atom is 0.192 e. The first-order chi connectivity index (χ1) is 15.2. The SMILES string of the molecule is Cc1nnc(CNC(=NCc2ccccc2)NC2CCN(CC3CCOC3)CC2)n1C.I. The molecule has 1 aromatic carbocycles. The minimum absolute atomic E-state index is 0. The summed E-state index contributed by atoms with van der Waals surface area (Å²) in [6.45, 7) is 8.49. The molecule has 1 atom stereocenters. The number of ether oxygens (including phenoxy) is 1. The highest BCUT2D eigenvalue weighted by Crippen LogP contribution is 2.17. The van der Waals surface area contributed by atoms with Crippen LogP contribution in [0.1, 0.15) is 36.5 Å². The number of hydrogen-bond donors (Lipinski definition) is 2. The number of guanidine groups is 1. The first-order valence-electron chi connectivity index (χ1n) is 11.4. The van der Waals surface area contributed by atoms with Gasteiger partial charge in [0.05, 0.1) is 19.7 Å². The number of hydrogen-bond acceptors (Lipinski definition) is 5. The number of rotatable bonds is 7. The van der Waals surface area contributed by atoms with Crippen LogP contribution in [0.5, 0.6) is 0 Å². The largest absolute Gasteiger partial charge is 0.381 e. The number of piperidine rings is 1. The average Bonchev–Trinajstić information content (AvgIpc) is 3.42. The molecule has 0 saturated carbocycles. The minimum Gasteiger partial charge on any atom is -0.381 e. The fourth-order valence-electron chi connectivity index (χ4n) is 4.22. The zero-order valence-corrected chi connectivity index (χ0v) is 21.5. The lowest BCUT2D eigenvalue weighted by Crippen LogP contribution is -2.49. The molecule has 2 aliphatic heterocycles. The Bertz CT molecular complexity index is 843. The monoisotopic (exact) mass is 553 g/mol. The Balaban J connectivity index is 0.00000289. The van der Waals surface area contributed by atoms with Crippen LogP contribution >= 0.6 is 24.0 Å². The summed E-state index contributed by atoms with van der Waals surface area (Å²) in [4.78, 5) is 7.44. The summed E-state index contributed by atoms with van der Waals surface area (Å²) in [6.07, 6.45) is 3.46. The van der Waals surface area contributed by atoms with E-state index in [0.29, 0.717) is 25.0 Å². The third-order valence-electron chi connectivity index (χ3n) is 6.33. The lowest BCUT2D eigenvalue weighted by atomic mass is 10.0. The molecule has 0 amide bonds. The summed E-state index contributed by atoms with van der Waals surface area (Å²) in [5.41, 5.74) is 1.20. The van der Waals surface area contributed by atoms with Crippen molar-refractivity contribution in [2.75, 3.05) is 32.8 Å². The second kappa shape index (κ2) is 12.5. The molecule has 4 rings (SSSR count). The Labute approximate surface area is 208 Å². The van der Waals surface area contributed by atoms with Crippen molar-refractivity contribution in [3.05, 3.63) is 47.5 Å². The molecule has 176 valence electrons. The molecule has 9 heteroatoms. The van der Waals surface area contributed by atoms with E-state index in [0.717, 1.165) is 56.8 Å². The van der Waals surface area contributed by atoms with Gasteiger partial charge in [-0.15, -0.1) is 34.2 Å². The van der Waals surface area contributed by atoms with Crippen molar-refractivity contribution >= 4 is 29.9 Å². The number of likely N-dealkylation sites (tertiary alicyclic amines) is 1. The first kappa shape index (κ1) is 24.9. The van der Waals surface area contributed by atoms with Crippen molar-refractivity contribution < 1.29 is 4.74 Å². The molecule has 0 bridgehead atoms. The highest BCUT2D eigenvalue weighted by molar-refractivity contribution is 14.0. The van der Waals surface area contributed by atoms with E-state index in [1.54, 1.807) is 0 Å². The molecule has 2 N–H and O–H groups in total. The van der Waals surface area contributed by atoms with Crippen molar-refractivity contribution in [2.45, 2.75) is 45.3 Å². The van der Waals surface area contributed by atoms with Crippen molar-refractivity contribution in [3.63, 3.8) is 0 Å². The number of halogens is 1. The van der Waals surface area contributed by atoms with Crippen LogP contribution in [0.4, 0.5) is 0 Å². The van der Waals surface area contributed by atoms with Gasteiger partial charge in [-0.05, 0) is 37.7 Å². The van der Waals surface area contributed by atoms with Gasteiger partial charge >= 0.3 is 0 Å². The smallest absolute Gasteiger partial charge is 0.192 e. The maximum atomic E-state index is 5.53. The van der Waals surface area contributed by atoms with Crippen LogP contribution in [0.2, 0.25) is 0 Å². The Hall–Kier alpha value is -1.72. The Morgan fingerprint density at radius 3 is 2.59 bits per heavy atom. The van der Waals surface area contributed by atoms with E-state index in [2.05, 4.69) is 50.0 Å². The Kier molecular flexibility index (Phi) is 9.73. The van der Waals surface area contributed by atoms with Crippen LogP contribution in [0.3, 0.4) is 0 Å². The highest BCUT2D eigenvalue weighted by Gasteiger charge is 2.24. The molecule has 1 unspecified atom stereocenters. The van der Waals surface area contributed by atoms with Crippen LogP contribution in [0, 0.1) is 12.8 Å². The van der Waals surface area contributed by atoms with Gasteiger partial charge in [0.25, 0.3) is 0 Å². The quantitative estimate of drug-likeness (QED) is 0.312. The van der Waals surface area contributed by atoms with Gasteiger partial charge in [0, 0.05) is 39.3 Å². The number of nitrogens with zero attached hydrogens (tertiary/aromatic N) is 5. The van der Waals surface area contributed by atoms with Crippen molar-refractivity contribution in [1.82, 2.24) is 30.3 Å². The van der Waals surface area contributed by atoms with Gasteiger partial charge in [-0.2, -0.15) is 0 Å². The molecule has 0 aliphatic carbocycles. The number of aliphatic imine (C=N–C) groups is 1. The minimum atomic E-state index is 0. The van der Waals surface area contributed by atoms with Crippen molar-refractivity contribution in [2.24, 2.45) is 18.0 Å². The molecule has 2 saturated heterocycles. The first-order valence-corrected chi connectivity index (χ1v) is 11.4. The predicted octanol–water partition coefficient (Wildman–Crippen LogP) is 2.48. The van der Waals surface area contributed by atoms with Crippen molar-refractivity contribution in [1.29, 1.82) is 0 Å². The van der Waals surface area contributed by atoms with Gasteiger partial charge in [-0.25, -0.2) is 4.99 Å². The summed E-state index contributed by atoms with van der Waals surface area (Å²) in [5.74, 6) is 3.36. The maximum absolute atomic E-state index is 5.53. The molecule has 2 fully saturated rings. The lowest BCUT2D eigenvalue weighted by Gasteiger charge is -2.34. The van der Waals surface area contributed by atoms with Gasteiger partial charge in [-0.3, -0.25) is 0 Å². The molecule has 2 aliphatic rings. The van der Waals surface area contributed by atoms with Crippen LogP contribution < -0.4 is 10.6 Å². The fourth-order valence-corrected chi connectivity index (χ4v) is 4.22. The molecule has 32 heavy (non-hydrogen) atoms. The average molecular weight is 553 g/mol. The van der Waals surface area contributed by atoms with E-state index in [9.17, 15) is 0 Å². The van der Waals surface area contributed by atoms with Crippen LogP contribution in [-0.4, -0.2) is 64.5 Å². The van der Waals surface area contributed by atoms with Gasteiger partial charge in [-0.1, -0.05) is 30.3 Å². The van der Waals surface area contributed by atoms with Crippen LogP contribution in [0.15, 0.2) is 35.3 Å². The molecular formula is C23H36IN7O. The van der Waals surface area contributed by atoms with E-state index in [1.165, 1.54) is 18.5 Å². The molecule has 3 heterocycles. The standard InChI is InChI=1S/C23H35N7O.HI/c1-18-27-28-22(29(18)2)15-25-23(24-14-19-6-4-3-5-7-19)26-21-8-11-30(12-9-21)16-20-10-13-31-17-20;/h3-7,20-21H,8-17H2,1-2H3,(H2,24,25,26);1H. The molecular weight excluding hydrogens is 517 g/mol. The van der Waals surface area contributed by atoms with Gasteiger partial charge < -0.3 is 24.8 Å². The molecule has 2 aromatic rings. The van der Waals surface area contributed by atoms with Crippen LogP contribution in [-0.2, 0) is 24.9 Å². The second-order valence-electron chi connectivity index (χ2n) is 8.68. The van der Waals surface area contributed by atoms with E-state index in [-0.39, 0.29) is 24.0 Å². The molecule has 0 radical (unpaired) electrons. The third-order valence-corrected chi connectivity index (χ3v) is 6.33. The zero-order valence-electron chi connectivity index (χ0n) is 19.2. The van der Waals surface area contributed by atoms with Crippen LogP contribution in [0.25, 0.3) is 0 Å². The number of aromatic nitrogens is 3. The summed E-state index contributed by atoms with van der Waals surface area (Å²) in [7, 11) is 1.99. The van der Waals surface area contributed by atoms with E-state index in [1.807, 2.05) is 24.6 Å². The number of nitrogens with one attached hydrogen (secondary N) is 2. The van der Waals surface area contributed by atoms with E-state index >= 15 is 0 Å². The number of benzene rings is 1. The van der Waals surface area contributed by atoms with Gasteiger partial charge in [0.15, 0.2) is 11.8 Å². The van der Waals surface area contributed by atoms with Gasteiger partial charge in [0.1, 0.15) is 5.82 Å². The third kappa shape index (κ3) is 7.14. The molecule has 8 nitrogen and oxygen atoms in total. The summed E-state index contributed by atoms with van der Waals surface area (Å²) in [6, 6.07) is 10.8. The fraction of sp³-hybridized carbons (Fsp3) is 0.609. The molecule has 0 spiro atoms. The lowest BCUT2D eigenvalue weighted by molar-refractivity contribution is 0.150. The number of aryl methyl sites for hydroxylation is 1. The van der Waals surface area contributed by atoms with E-state index in [4.69, 9.17) is 9.73 Å². The van der Waals surface area contributed by atoms with Gasteiger partial charge in [0.2, 0.25) is 0 Å². The Morgan fingerprint density at radius 2 is 1.94 bits per heavy atom. The predicted molar refractivity (Wildman–Crippen MR) is 137 cm³/mol. The normalized spacial score (nSPS) is 20.2.